The van der Waals surface area contributed by atoms with Gasteiger partial charge in [-0.25, -0.2) is 4.21 Å². The van der Waals surface area contributed by atoms with E-state index in [0.29, 0.717) is 0 Å². The van der Waals surface area contributed by atoms with Crippen LogP contribution in [0.15, 0.2) is 0 Å². The zero-order valence-electron chi connectivity index (χ0n) is 4.94. The van der Waals surface area contributed by atoms with Crippen molar-refractivity contribution in [3.8, 4) is 0 Å². The van der Waals surface area contributed by atoms with Gasteiger partial charge in [0.05, 0.1) is 10.1 Å². The summed E-state index contributed by atoms with van der Waals surface area (Å²) in [6.45, 7) is 0. The molecule has 0 aromatic carbocycles. The Labute approximate surface area is 121 Å². The second-order valence-electron chi connectivity index (χ2n) is 0.421. The SMILES string of the molecule is O=S([O-])S(=O)O.[K+].[Na+].[OH-]. The van der Waals surface area contributed by atoms with E-state index in [9.17, 15) is 4.21 Å². The Hall–Kier alpha value is 2.82. The molecule has 9 heavy (non-hydrogen) atoms. The standard InChI is InChI=1S/K.Na.H2O4S2.H2O/c;;1-5(2)6(3)4;/h;;(H,1,2)(H,3,4);1H2/q2*+1;;/p-2. The first-order chi connectivity index (χ1) is 2.64. The minimum atomic E-state index is -2.84. The third-order valence-corrected chi connectivity index (χ3v) is 1.05. The van der Waals surface area contributed by atoms with Crippen LogP contribution in [0, 0.1) is 0 Å². The molecular formula is H2KNaO5S2. The van der Waals surface area contributed by atoms with Crippen molar-refractivity contribution < 1.29 is 104 Å². The Morgan fingerprint density at radius 2 is 1.44 bits per heavy atom. The Bertz CT molecular complexity index is 81.0. The summed E-state index contributed by atoms with van der Waals surface area (Å²) < 4.78 is 35.0. The van der Waals surface area contributed by atoms with E-state index < -0.39 is 20.2 Å². The molecule has 0 radical (unpaired) electrons. The van der Waals surface area contributed by atoms with Gasteiger partial charge in [0, 0.05) is 0 Å². The molecule has 0 aliphatic heterocycles. The molecule has 0 aromatic heterocycles. The summed E-state index contributed by atoms with van der Waals surface area (Å²) in [5, 5.41) is 0. The van der Waals surface area contributed by atoms with E-state index >= 15 is 0 Å². The summed E-state index contributed by atoms with van der Waals surface area (Å²) in [6.07, 6.45) is 0. The quantitative estimate of drug-likeness (QED) is 0.262. The maximum Gasteiger partial charge on any atom is 1.00 e. The minimum absolute atomic E-state index is 0. The molecule has 2 atom stereocenters. The van der Waals surface area contributed by atoms with Crippen LogP contribution in [0.3, 0.4) is 0 Å². The molecule has 0 bridgehead atoms. The largest absolute Gasteiger partial charge is 1.00 e. The molecule has 0 saturated heterocycles. The first kappa shape index (κ1) is 22.6. The van der Waals surface area contributed by atoms with Crippen molar-refractivity contribution in [3.05, 3.63) is 0 Å². The van der Waals surface area contributed by atoms with Crippen molar-refractivity contribution in [3.63, 3.8) is 0 Å². The maximum atomic E-state index is 9.20. The molecule has 0 amide bonds. The fraction of sp³-hybridized carbons (Fsp3) is 0. The predicted octanol–water partition coefficient (Wildman–Crippen LogP) is -7.17. The van der Waals surface area contributed by atoms with E-state index in [2.05, 4.69) is 0 Å². The van der Waals surface area contributed by atoms with Crippen LogP contribution >= 0.6 is 0 Å². The molecule has 2 unspecified atom stereocenters. The van der Waals surface area contributed by atoms with Gasteiger partial charge in [-0.15, -0.1) is 0 Å². The first-order valence-corrected chi connectivity index (χ1v) is 3.55. The van der Waals surface area contributed by atoms with Gasteiger partial charge in [-0.1, -0.05) is 0 Å². The van der Waals surface area contributed by atoms with Crippen LogP contribution in [-0.2, 0) is 20.2 Å². The van der Waals surface area contributed by atoms with Crippen LogP contribution in [0.25, 0.3) is 0 Å². The van der Waals surface area contributed by atoms with Crippen LogP contribution in [-0.4, -0.2) is 23.0 Å². The first-order valence-electron chi connectivity index (χ1n) is 0.849. The number of hydrogen-bond acceptors (Lipinski definition) is 4. The summed E-state index contributed by atoms with van der Waals surface area (Å²) in [6, 6.07) is 0. The van der Waals surface area contributed by atoms with Gasteiger partial charge in [0.1, 0.15) is 0 Å². The Balaban J connectivity index is -0.0000000417. The molecule has 0 aliphatic rings. The van der Waals surface area contributed by atoms with Gasteiger partial charge in [-0.2, -0.15) is 0 Å². The third kappa shape index (κ3) is 18.1. The van der Waals surface area contributed by atoms with E-state index in [1.165, 1.54) is 0 Å². The van der Waals surface area contributed by atoms with E-state index in [1.54, 1.807) is 0 Å². The van der Waals surface area contributed by atoms with E-state index in [4.69, 9.17) is 13.3 Å². The van der Waals surface area contributed by atoms with Crippen LogP contribution in [0.4, 0.5) is 0 Å². The van der Waals surface area contributed by atoms with Crippen molar-refractivity contribution in [1.29, 1.82) is 0 Å². The molecule has 0 rings (SSSR count). The van der Waals surface area contributed by atoms with Gasteiger partial charge in [0.2, 0.25) is 10.1 Å². The van der Waals surface area contributed by atoms with Crippen molar-refractivity contribution in [2.75, 3.05) is 0 Å². The van der Waals surface area contributed by atoms with Crippen LogP contribution in [0.5, 0.6) is 0 Å². The molecule has 2 N–H and O–H groups in total. The second-order valence-corrected chi connectivity index (χ2v) is 2.94. The van der Waals surface area contributed by atoms with Gasteiger partial charge < -0.3 is 10.0 Å². The van der Waals surface area contributed by atoms with E-state index in [1.807, 2.05) is 0 Å². The summed E-state index contributed by atoms with van der Waals surface area (Å²) in [4.78, 5) is 0. The Kier molecular flexibility index (Phi) is 33.7. The molecule has 0 fully saturated rings. The topological polar surface area (TPSA) is 107 Å². The number of rotatable bonds is 1. The summed E-state index contributed by atoms with van der Waals surface area (Å²) >= 11 is 0. The van der Waals surface area contributed by atoms with Crippen LogP contribution < -0.4 is 80.9 Å². The molecule has 5 nitrogen and oxygen atoms in total. The van der Waals surface area contributed by atoms with Gasteiger partial charge in [-0.05, 0) is 0 Å². The van der Waals surface area contributed by atoms with Gasteiger partial charge >= 0.3 is 80.9 Å². The number of hydrogen-bond donors (Lipinski definition) is 1. The summed E-state index contributed by atoms with van der Waals surface area (Å²) in [7, 11) is -5.54. The average molecular weight is 208 g/mol. The Morgan fingerprint density at radius 1 is 1.33 bits per heavy atom. The molecule has 0 spiro atoms. The summed E-state index contributed by atoms with van der Waals surface area (Å²) in [5.41, 5.74) is 0. The molecule has 46 valence electrons. The molecule has 0 heterocycles. The van der Waals surface area contributed by atoms with Crippen molar-refractivity contribution in [2.45, 2.75) is 0 Å². The zero-order valence-corrected chi connectivity index (χ0v) is 11.7. The van der Waals surface area contributed by atoms with Crippen LogP contribution in [0.1, 0.15) is 0 Å². The van der Waals surface area contributed by atoms with Crippen molar-refractivity contribution in [2.24, 2.45) is 0 Å². The minimum Gasteiger partial charge on any atom is -0.870 e. The van der Waals surface area contributed by atoms with Crippen molar-refractivity contribution in [1.82, 2.24) is 0 Å². The zero-order chi connectivity index (χ0) is 5.15. The monoisotopic (exact) mass is 208 g/mol. The fourth-order valence-corrected chi connectivity index (χ4v) is 0. The molecular weight excluding hydrogens is 206 g/mol. The van der Waals surface area contributed by atoms with E-state index in [-0.39, 0.29) is 86.4 Å². The average Bonchev–Trinajstić information content (AvgIpc) is 1.36. The molecule has 9 heteroatoms. The van der Waals surface area contributed by atoms with E-state index in [0.717, 1.165) is 0 Å². The van der Waals surface area contributed by atoms with Gasteiger partial charge in [0.25, 0.3) is 0 Å². The maximum absolute atomic E-state index is 9.20. The Morgan fingerprint density at radius 3 is 1.44 bits per heavy atom. The second kappa shape index (κ2) is 13.4. The fourth-order valence-electron chi connectivity index (χ4n) is 0. The van der Waals surface area contributed by atoms with Gasteiger partial charge in [-0.3, -0.25) is 8.76 Å². The van der Waals surface area contributed by atoms with Gasteiger partial charge in [0.15, 0.2) is 0 Å². The summed E-state index contributed by atoms with van der Waals surface area (Å²) in [5.74, 6) is 0. The smallest absolute Gasteiger partial charge is 0.870 e. The predicted molar refractivity (Wildman–Crippen MR) is 21.6 cm³/mol. The molecule has 0 aliphatic carbocycles. The molecule has 0 aromatic rings. The van der Waals surface area contributed by atoms with Crippen LogP contribution in [0.2, 0.25) is 0 Å². The third-order valence-electron chi connectivity index (χ3n) is 0.116. The van der Waals surface area contributed by atoms with Crippen molar-refractivity contribution >= 4 is 20.2 Å². The molecule has 0 saturated carbocycles. The normalized spacial score (nSPS) is 13.1.